The molecule has 0 saturated heterocycles. The third kappa shape index (κ3) is 3.96. The van der Waals surface area contributed by atoms with Crippen molar-refractivity contribution in [3.8, 4) is 5.75 Å². The fourth-order valence-electron chi connectivity index (χ4n) is 3.58. The Bertz CT molecular complexity index is 805. The van der Waals surface area contributed by atoms with Crippen molar-refractivity contribution < 1.29 is 4.74 Å². The Kier molecular flexibility index (Phi) is 5.02. The highest BCUT2D eigenvalue weighted by atomic mass is 35.5. The molecule has 4 rings (SSSR count). The van der Waals surface area contributed by atoms with Crippen molar-refractivity contribution in [1.29, 1.82) is 0 Å². The van der Waals surface area contributed by atoms with Gasteiger partial charge in [0.15, 0.2) is 0 Å². The fraction of sp³-hybridized carbons (Fsp3) is 0.381. The second-order valence-corrected chi connectivity index (χ2v) is 7.47. The summed E-state index contributed by atoms with van der Waals surface area (Å²) in [5, 5.41) is 7.65. The Morgan fingerprint density at radius 1 is 1.15 bits per heavy atom. The summed E-state index contributed by atoms with van der Waals surface area (Å²) in [5.41, 5.74) is 4.97. The molecular weight excluding hydrogens is 346 g/mol. The predicted octanol–water partition coefficient (Wildman–Crippen LogP) is 4.70. The number of benzene rings is 1. The molecule has 2 aliphatic heterocycles. The molecule has 2 heterocycles. The lowest BCUT2D eigenvalue weighted by Crippen LogP contribution is -2.36. The van der Waals surface area contributed by atoms with Crippen LogP contribution in [0.1, 0.15) is 39.0 Å². The molecule has 0 saturated carbocycles. The van der Waals surface area contributed by atoms with Crippen LogP contribution in [0.2, 0.25) is 5.02 Å². The van der Waals surface area contributed by atoms with Crippen molar-refractivity contribution in [2.75, 3.05) is 6.61 Å². The zero-order valence-electron chi connectivity index (χ0n) is 15.0. The van der Waals surface area contributed by atoms with Crippen LogP contribution in [0.3, 0.4) is 0 Å². The smallest absolute Gasteiger partial charge is 0.132 e. The monoisotopic (exact) mass is 369 g/mol. The number of hydrogen-bond acceptors (Lipinski definition) is 3. The number of allylic oxidation sites excluding steroid dienone is 3. The second-order valence-electron chi connectivity index (χ2n) is 7.03. The number of rotatable bonds is 4. The lowest BCUT2D eigenvalue weighted by molar-refractivity contribution is 0.290. The minimum absolute atomic E-state index is 0.118. The van der Waals surface area contributed by atoms with E-state index >= 15 is 0 Å². The third-order valence-corrected chi connectivity index (χ3v) is 5.16. The molecule has 1 atom stereocenters. The number of nitrogens with one attached hydrogen (secondary N) is 2. The first-order valence-electron chi connectivity index (χ1n) is 9.30. The first kappa shape index (κ1) is 17.2. The molecule has 5 heteroatoms. The standard InChI is InChI=1S/C21H24ClN3O/c1-14-11-21(23-14)25-20-12-16(13-26-17-9-7-15(22)8-10-17)24-19-6-4-2-3-5-18(19)20/h7-12,16,24H,2-6,13H2,1H3,(H,23,25). The van der Waals surface area contributed by atoms with Gasteiger partial charge in [0, 0.05) is 16.4 Å². The molecule has 26 heavy (non-hydrogen) atoms. The van der Waals surface area contributed by atoms with Crippen molar-refractivity contribution in [2.45, 2.75) is 45.1 Å². The van der Waals surface area contributed by atoms with Crippen LogP contribution in [0.4, 0.5) is 0 Å². The highest BCUT2D eigenvalue weighted by molar-refractivity contribution is 6.30. The summed E-state index contributed by atoms with van der Waals surface area (Å²) in [4.78, 5) is 4.85. The summed E-state index contributed by atoms with van der Waals surface area (Å²) in [5.74, 6) is 1.78. The molecule has 0 bridgehead atoms. The van der Waals surface area contributed by atoms with E-state index in [2.05, 4.69) is 29.7 Å². The molecule has 0 aromatic heterocycles. The van der Waals surface area contributed by atoms with Gasteiger partial charge in [0.2, 0.25) is 0 Å². The highest BCUT2D eigenvalue weighted by Crippen LogP contribution is 2.32. The summed E-state index contributed by atoms with van der Waals surface area (Å²) in [6, 6.07) is 7.62. The average Bonchev–Trinajstić information content (AvgIpc) is 2.85. The molecule has 0 radical (unpaired) electrons. The summed E-state index contributed by atoms with van der Waals surface area (Å²) in [6.45, 7) is 2.62. The van der Waals surface area contributed by atoms with Gasteiger partial charge in [-0.25, -0.2) is 4.99 Å². The van der Waals surface area contributed by atoms with Gasteiger partial charge in [-0.2, -0.15) is 0 Å². The van der Waals surface area contributed by atoms with E-state index in [1.165, 1.54) is 30.5 Å². The molecule has 2 N–H and O–H groups in total. The molecule has 4 nitrogen and oxygen atoms in total. The van der Waals surface area contributed by atoms with Gasteiger partial charge >= 0.3 is 0 Å². The second kappa shape index (κ2) is 7.58. The molecular formula is C21H24ClN3O. The normalized spacial score (nSPS) is 23.8. The molecule has 1 aromatic carbocycles. The Morgan fingerprint density at radius 2 is 1.92 bits per heavy atom. The van der Waals surface area contributed by atoms with E-state index in [1.807, 2.05) is 24.3 Å². The molecule has 1 aromatic rings. The first-order chi connectivity index (χ1) is 12.7. The fourth-order valence-corrected chi connectivity index (χ4v) is 3.71. The van der Waals surface area contributed by atoms with Crippen molar-refractivity contribution in [1.82, 2.24) is 10.6 Å². The Hall–Kier alpha value is -2.20. The van der Waals surface area contributed by atoms with Crippen LogP contribution in [0.25, 0.3) is 0 Å². The van der Waals surface area contributed by atoms with Crippen molar-refractivity contribution in [2.24, 2.45) is 4.99 Å². The van der Waals surface area contributed by atoms with Gasteiger partial charge in [0.1, 0.15) is 18.2 Å². The third-order valence-electron chi connectivity index (χ3n) is 4.91. The highest BCUT2D eigenvalue weighted by Gasteiger charge is 2.24. The van der Waals surface area contributed by atoms with Gasteiger partial charge in [0.05, 0.1) is 11.7 Å². The maximum atomic E-state index is 5.96. The van der Waals surface area contributed by atoms with E-state index in [0.29, 0.717) is 6.61 Å². The Labute approximate surface area is 159 Å². The summed E-state index contributed by atoms with van der Waals surface area (Å²) in [6.07, 6.45) is 10.2. The van der Waals surface area contributed by atoms with Gasteiger partial charge < -0.3 is 15.4 Å². The van der Waals surface area contributed by atoms with E-state index in [-0.39, 0.29) is 6.04 Å². The van der Waals surface area contributed by atoms with E-state index < -0.39 is 0 Å². The van der Waals surface area contributed by atoms with Crippen LogP contribution in [-0.4, -0.2) is 18.5 Å². The molecule has 0 spiro atoms. The molecule has 1 unspecified atom stereocenters. The van der Waals surface area contributed by atoms with E-state index in [0.717, 1.165) is 40.8 Å². The van der Waals surface area contributed by atoms with E-state index in [9.17, 15) is 0 Å². The largest absolute Gasteiger partial charge is 0.491 e. The van der Waals surface area contributed by atoms with E-state index in [1.54, 1.807) is 0 Å². The van der Waals surface area contributed by atoms with Crippen molar-refractivity contribution >= 4 is 17.4 Å². The molecule has 136 valence electrons. The minimum atomic E-state index is 0.118. The number of ether oxygens (including phenoxy) is 1. The summed E-state index contributed by atoms with van der Waals surface area (Å²) < 4.78 is 5.96. The number of halogens is 1. The van der Waals surface area contributed by atoms with Crippen LogP contribution >= 0.6 is 11.6 Å². The quantitative estimate of drug-likeness (QED) is 0.808. The van der Waals surface area contributed by atoms with Crippen LogP contribution in [0.15, 0.2) is 64.1 Å². The number of aliphatic imine (C=N–C) groups is 1. The number of nitrogens with zero attached hydrogens (tertiary/aromatic N) is 1. The van der Waals surface area contributed by atoms with Crippen LogP contribution < -0.4 is 15.4 Å². The maximum absolute atomic E-state index is 5.96. The first-order valence-corrected chi connectivity index (χ1v) is 9.68. The lowest BCUT2D eigenvalue weighted by atomic mass is 9.99. The lowest BCUT2D eigenvalue weighted by Gasteiger charge is -2.28. The summed E-state index contributed by atoms with van der Waals surface area (Å²) >= 11 is 5.94. The van der Waals surface area contributed by atoms with Gasteiger partial charge in [-0.3, -0.25) is 0 Å². The zero-order chi connectivity index (χ0) is 17.9. The topological polar surface area (TPSA) is 45.6 Å². The number of amidine groups is 1. The van der Waals surface area contributed by atoms with Gasteiger partial charge in [0.25, 0.3) is 0 Å². The number of dihydropyridines is 1. The molecule has 0 fully saturated rings. The maximum Gasteiger partial charge on any atom is 0.132 e. The van der Waals surface area contributed by atoms with Gasteiger partial charge in [-0.15, -0.1) is 0 Å². The van der Waals surface area contributed by atoms with Gasteiger partial charge in [-0.05, 0) is 74.6 Å². The van der Waals surface area contributed by atoms with Gasteiger partial charge in [-0.1, -0.05) is 18.0 Å². The van der Waals surface area contributed by atoms with Crippen LogP contribution in [0, 0.1) is 0 Å². The Balaban J connectivity index is 1.52. The average molecular weight is 370 g/mol. The Morgan fingerprint density at radius 3 is 2.69 bits per heavy atom. The SMILES string of the molecule is CC1=CC(=NC2=CC(COc3ccc(Cl)cc3)NC3=C2CCCCC3)N1. The predicted molar refractivity (Wildman–Crippen MR) is 106 cm³/mol. The zero-order valence-corrected chi connectivity index (χ0v) is 15.8. The number of hydrogen-bond donors (Lipinski definition) is 2. The van der Waals surface area contributed by atoms with Crippen LogP contribution in [0.5, 0.6) is 5.75 Å². The molecule has 3 aliphatic rings. The summed E-state index contributed by atoms with van der Waals surface area (Å²) in [7, 11) is 0. The van der Waals surface area contributed by atoms with Crippen LogP contribution in [-0.2, 0) is 0 Å². The molecule has 1 aliphatic carbocycles. The minimum Gasteiger partial charge on any atom is -0.491 e. The molecule has 0 amide bonds. The van der Waals surface area contributed by atoms with Crippen molar-refractivity contribution in [3.05, 3.63) is 64.1 Å². The van der Waals surface area contributed by atoms with Crippen molar-refractivity contribution in [3.63, 3.8) is 0 Å². The van der Waals surface area contributed by atoms with E-state index in [4.69, 9.17) is 21.3 Å².